The van der Waals surface area contributed by atoms with Gasteiger partial charge in [-0.3, -0.25) is 9.59 Å². The summed E-state index contributed by atoms with van der Waals surface area (Å²) in [4.78, 5) is 49.5. The topological polar surface area (TPSA) is 171 Å². The quantitative estimate of drug-likeness (QED) is 0.307. The second-order valence-corrected chi connectivity index (χ2v) is 10.8. The van der Waals surface area contributed by atoms with E-state index in [0.29, 0.717) is 18.4 Å². The van der Waals surface area contributed by atoms with E-state index in [4.69, 9.17) is 9.47 Å². The second-order valence-electron chi connectivity index (χ2n) is 8.41. The molecule has 1 aliphatic rings. The number of sulfonamides is 1. The Balaban J connectivity index is 1.49. The molecule has 13 nitrogen and oxygen atoms in total. The molecular weight excluding hydrogens is 552 g/mol. The number of piperidine rings is 1. The number of amides is 1. The van der Waals surface area contributed by atoms with E-state index >= 15 is 0 Å². The molecule has 1 amide bonds. The molecule has 15 heteroatoms. The van der Waals surface area contributed by atoms with Gasteiger partial charge in [0.15, 0.2) is 6.61 Å². The van der Waals surface area contributed by atoms with Crippen molar-refractivity contribution in [1.29, 1.82) is 0 Å². The van der Waals surface area contributed by atoms with E-state index in [1.807, 2.05) is 0 Å². The van der Waals surface area contributed by atoms with Crippen molar-refractivity contribution in [1.82, 2.24) is 13.1 Å². The molecule has 1 unspecified atom stereocenters. The van der Waals surface area contributed by atoms with Crippen LogP contribution in [-0.2, 0) is 33.8 Å². The van der Waals surface area contributed by atoms with E-state index in [1.54, 1.807) is 12.1 Å². The summed E-state index contributed by atoms with van der Waals surface area (Å²) in [5.41, 5.74) is 0.607. The summed E-state index contributed by atoms with van der Waals surface area (Å²) in [6.45, 7) is -0.678. The summed E-state index contributed by atoms with van der Waals surface area (Å²) in [5, 5.41) is 2.42. The number of anilines is 1. The lowest BCUT2D eigenvalue weighted by atomic mass is 10.1. The molecular formula is C24H24N4O9S2. The van der Waals surface area contributed by atoms with Crippen molar-refractivity contribution in [3.63, 3.8) is 0 Å². The Labute approximate surface area is 227 Å². The van der Waals surface area contributed by atoms with Gasteiger partial charge in [0.2, 0.25) is 10.0 Å². The van der Waals surface area contributed by atoms with Gasteiger partial charge in [-0.1, -0.05) is 6.07 Å². The number of rotatable bonds is 8. The molecule has 0 bridgehead atoms. The summed E-state index contributed by atoms with van der Waals surface area (Å²) in [5.74, 6) is -3.18. The van der Waals surface area contributed by atoms with Gasteiger partial charge in [-0.2, -0.15) is 13.1 Å². The summed E-state index contributed by atoms with van der Waals surface area (Å²) in [6.07, 6.45) is 1.34. The molecule has 2 aromatic carbocycles. The fourth-order valence-electron chi connectivity index (χ4n) is 4.14. The lowest BCUT2D eigenvalue weighted by Gasteiger charge is -2.32. The van der Waals surface area contributed by atoms with Crippen LogP contribution in [0.25, 0.3) is 11.0 Å². The molecule has 2 heterocycles. The van der Waals surface area contributed by atoms with Crippen molar-refractivity contribution in [2.75, 3.05) is 32.7 Å². The van der Waals surface area contributed by atoms with Crippen LogP contribution in [0.1, 0.15) is 40.0 Å². The predicted molar refractivity (Wildman–Crippen MR) is 138 cm³/mol. The van der Waals surface area contributed by atoms with Crippen LogP contribution >= 0.6 is 11.7 Å². The molecule has 1 aromatic heterocycles. The average Bonchev–Trinajstić information content (AvgIpc) is 3.44. The van der Waals surface area contributed by atoms with Gasteiger partial charge in [-0.05, 0) is 49.6 Å². The number of hydrogen-bond donors (Lipinski definition) is 1. The third-order valence-electron chi connectivity index (χ3n) is 6.03. The number of fused-ring (bicyclic) bond motifs is 1. The van der Waals surface area contributed by atoms with E-state index in [0.717, 1.165) is 23.1 Å². The summed E-state index contributed by atoms with van der Waals surface area (Å²) >= 11 is 0.883. The lowest BCUT2D eigenvalue weighted by molar-refractivity contribution is -0.152. The van der Waals surface area contributed by atoms with E-state index in [9.17, 15) is 27.6 Å². The number of esters is 3. The number of hydrogen-bond acceptors (Lipinski definition) is 12. The van der Waals surface area contributed by atoms with Gasteiger partial charge < -0.3 is 19.5 Å². The Morgan fingerprint density at radius 1 is 1.05 bits per heavy atom. The standard InChI is InChI=1S/C24H24N4O9S2/c1-35-22(30)14-9-10-15(23(31)36-2)17(12-14)25-20(29)13-37-24(32)18-7-3-4-11-28(18)39(33,34)19-8-5-6-16-21(19)27-38-26-16/h5-6,8-10,12,18H,3-4,7,11,13H2,1-2H3,(H,25,29). The van der Waals surface area contributed by atoms with E-state index in [2.05, 4.69) is 18.8 Å². The van der Waals surface area contributed by atoms with Crippen LogP contribution < -0.4 is 5.32 Å². The Bertz CT molecular complexity index is 1540. The molecule has 0 aliphatic carbocycles. The SMILES string of the molecule is COC(=O)c1ccc(C(=O)OC)c(NC(=O)COC(=O)C2CCCCN2S(=O)(=O)c2cccc3nsnc23)c1. The van der Waals surface area contributed by atoms with E-state index in [1.165, 1.54) is 31.4 Å². The molecule has 39 heavy (non-hydrogen) atoms. The molecule has 1 saturated heterocycles. The van der Waals surface area contributed by atoms with Gasteiger partial charge in [0.1, 0.15) is 22.0 Å². The van der Waals surface area contributed by atoms with Crippen LogP contribution in [-0.4, -0.2) is 78.7 Å². The molecule has 1 fully saturated rings. The van der Waals surface area contributed by atoms with Crippen LogP contribution in [0.15, 0.2) is 41.3 Å². The molecule has 1 aliphatic heterocycles. The van der Waals surface area contributed by atoms with Crippen LogP contribution in [0.2, 0.25) is 0 Å². The fourth-order valence-corrected chi connectivity index (χ4v) is 6.54. The third-order valence-corrected chi connectivity index (χ3v) is 8.51. The number of methoxy groups -OCH3 is 2. The van der Waals surface area contributed by atoms with E-state index in [-0.39, 0.29) is 40.2 Å². The van der Waals surface area contributed by atoms with Crippen molar-refractivity contribution < 1.29 is 41.8 Å². The van der Waals surface area contributed by atoms with Gasteiger partial charge in [-0.15, -0.1) is 0 Å². The summed E-state index contributed by atoms with van der Waals surface area (Å²) in [6, 6.07) is 7.29. The average molecular weight is 577 g/mol. The van der Waals surface area contributed by atoms with Gasteiger partial charge in [0.25, 0.3) is 5.91 Å². The largest absolute Gasteiger partial charge is 0.465 e. The highest BCUT2D eigenvalue weighted by molar-refractivity contribution is 7.89. The number of carbonyl (C=O) groups is 4. The summed E-state index contributed by atoms with van der Waals surface area (Å²) < 4.78 is 50.8. The first kappa shape index (κ1) is 28.1. The van der Waals surface area contributed by atoms with Gasteiger partial charge in [-0.25, -0.2) is 18.0 Å². The van der Waals surface area contributed by atoms with Crippen molar-refractivity contribution in [2.24, 2.45) is 0 Å². The maximum absolute atomic E-state index is 13.5. The van der Waals surface area contributed by atoms with Gasteiger partial charge in [0, 0.05) is 6.54 Å². The Morgan fingerprint density at radius 3 is 2.56 bits per heavy atom. The Kier molecular flexibility index (Phi) is 8.52. The zero-order valence-corrected chi connectivity index (χ0v) is 22.5. The first-order valence-electron chi connectivity index (χ1n) is 11.7. The number of carbonyl (C=O) groups excluding carboxylic acids is 4. The molecule has 1 N–H and O–H groups in total. The normalized spacial score (nSPS) is 15.9. The number of nitrogens with zero attached hydrogens (tertiary/aromatic N) is 3. The minimum absolute atomic E-state index is 0.0416. The lowest BCUT2D eigenvalue weighted by Crippen LogP contribution is -2.49. The van der Waals surface area contributed by atoms with Gasteiger partial charge >= 0.3 is 17.9 Å². The van der Waals surface area contributed by atoms with Crippen molar-refractivity contribution in [3.8, 4) is 0 Å². The molecule has 206 valence electrons. The third kappa shape index (κ3) is 5.89. The minimum atomic E-state index is -4.13. The second kappa shape index (κ2) is 11.8. The van der Waals surface area contributed by atoms with Crippen LogP contribution in [0.5, 0.6) is 0 Å². The molecule has 0 saturated carbocycles. The zero-order valence-electron chi connectivity index (χ0n) is 20.9. The zero-order chi connectivity index (χ0) is 28.2. The van der Waals surface area contributed by atoms with Gasteiger partial charge in [0.05, 0.1) is 42.8 Å². The maximum Gasteiger partial charge on any atom is 0.339 e. The maximum atomic E-state index is 13.5. The number of ether oxygens (including phenoxy) is 3. The molecule has 0 spiro atoms. The minimum Gasteiger partial charge on any atom is -0.465 e. The van der Waals surface area contributed by atoms with E-state index < -0.39 is 46.5 Å². The monoisotopic (exact) mass is 576 g/mol. The molecule has 4 rings (SSSR count). The van der Waals surface area contributed by atoms with Crippen LogP contribution in [0.4, 0.5) is 5.69 Å². The smallest absolute Gasteiger partial charge is 0.339 e. The number of benzene rings is 2. The highest BCUT2D eigenvalue weighted by atomic mass is 32.2. The highest BCUT2D eigenvalue weighted by Gasteiger charge is 2.40. The van der Waals surface area contributed by atoms with Crippen molar-refractivity contribution in [2.45, 2.75) is 30.2 Å². The highest BCUT2D eigenvalue weighted by Crippen LogP contribution is 2.30. The van der Waals surface area contributed by atoms with Crippen molar-refractivity contribution >= 4 is 62.3 Å². The van der Waals surface area contributed by atoms with Crippen LogP contribution in [0, 0.1) is 0 Å². The number of nitrogens with one attached hydrogen (secondary N) is 1. The first-order chi connectivity index (χ1) is 18.7. The van der Waals surface area contributed by atoms with Crippen molar-refractivity contribution in [3.05, 3.63) is 47.5 Å². The molecule has 0 radical (unpaired) electrons. The van der Waals surface area contributed by atoms with Crippen LogP contribution in [0.3, 0.4) is 0 Å². The first-order valence-corrected chi connectivity index (χ1v) is 13.8. The molecule has 3 aromatic rings. The summed E-state index contributed by atoms with van der Waals surface area (Å²) in [7, 11) is -1.80. The fraction of sp³-hybridized carbons (Fsp3) is 0.333. The molecule has 1 atom stereocenters. The predicted octanol–water partition coefficient (Wildman–Crippen LogP) is 1.99. The Hall–Kier alpha value is -3.95. The number of aromatic nitrogens is 2. The Morgan fingerprint density at radius 2 is 1.82 bits per heavy atom.